The maximum Gasteiger partial charge on any atom is 0.200 e. The van der Waals surface area contributed by atoms with Gasteiger partial charge in [-0.25, -0.2) is 0 Å². The highest BCUT2D eigenvalue weighted by atomic mass is 16.5. The number of phenolic OH excluding ortho intramolecular Hbond substituents is 1. The summed E-state index contributed by atoms with van der Waals surface area (Å²) >= 11 is 0. The van der Waals surface area contributed by atoms with Crippen LogP contribution in [-0.2, 0) is 0 Å². The molecule has 5 heteroatoms. The van der Waals surface area contributed by atoms with Gasteiger partial charge in [-0.2, -0.15) is 0 Å². The number of ether oxygens (including phenoxy) is 2. The van der Waals surface area contributed by atoms with Gasteiger partial charge in [-0.05, 0) is 23.8 Å². The quantitative estimate of drug-likeness (QED) is 0.660. The lowest BCUT2D eigenvalue weighted by atomic mass is 10.1. The summed E-state index contributed by atoms with van der Waals surface area (Å²) in [5, 5.41) is 27.0. The molecule has 0 heterocycles. The van der Waals surface area contributed by atoms with E-state index in [-0.39, 0.29) is 17.2 Å². The van der Waals surface area contributed by atoms with Crippen LogP contribution in [0.4, 0.5) is 0 Å². The van der Waals surface area contributed by atoms with Crippen LogP contribution in [0.2, 0.25) is 0 Å². The maximum atomic E-state index is 9.62. The number of methoxy groups -OCH3 is 2. The molecular formula is C11H14O5. The van der Waals surface area contributed by atoms with Crippen molar-refractivity contribution in [3.8, 4) is 17.2 Å². The van der Waals surface area contributed by atoms with Gasteiger partial charge in [-0.15, -0.1) is 0 Å². The molecule has 0 fully saturated rings. The van der Waals surface area contributed by atoms with E-state index < -0.39 is 6.29 Å². The molecule has 3 N–H and O–H groups in total. The molecule has 0 aliphatic heterocycles. The lowest BCUT2D eigenvalue weighted by molar-refractivity contribution is 0.00303. The molecule has 0 radical (unpaired) electrons. The Morgan fingerprint density at radius 2 is 1.62 bits per heavy atom. The molecule has 0 saturated carbocycles. The van der Waals surface area contributed by atoms with Crippen molar-refractivity contribution in [1.82, 2.24) is 0 Å². The van der Waals surface area contributed by atoms with Crippen LogP contribution in [0, 0.1) is 0 Å². The lowest BCUT2D eigenvalue weighted by Crippen LogP contribution is -1.97. The first-order valence-corrected chi connectivity index (χ1v) is 4.57. The Hall–Kier alpha value is -1.72. The predicted octanol–water partition coefficient (Wildman–Crippen LogP) is 0.733. The number of rotatable bonds is 4. The van der Waals surface area contributed by atoms with Gasteiger partial charge in [0.1, 0.15) is 0 Å². The van der Waals surface area contributed by atoms with Crippen LogP contribution in [0.25, 0.3) is 6.08 Å². The fourth-order valence-corrected chi connectivity index (χ4v) is 1.21. The molecule has 0 aliphatic carbocycles. The van der Waals surface area contributed by atoms with E-state index in [0.717, 1.165) is 0 Å². The van der Waals surface area contributed by atoms with Crippen LogP contribution in [-0.4, -0.2) is 35.8 Å². The summed E-state index contributed by atoms with van der Waals surface area (Å²) in [5.74, 6) is 0.421. The first-order chi connectivity index (χ1) is 7.58. The van der Waals surface area contributed by atoms with Gasteiger partial charge < -0.3 is 24.8 Å². The van der Waals surface area contributed by atoms with Crippen molar-refractivity contribution in [3.63, 3.8) is 0 Å². The van der Waals surface area contributed by atoms with Gasteiger partial charge in [0.05, 0.1) is 14.2 Å². The third kappa shape index (κ3) is 2.88. The molecular weight excluding hydrogens is 212 g/mol. The number of aromatic hydroxyl groups is 1. The first-order valence-electron chi connectivity index (χ1n) is 4.57. The Balaban J connectivity index is 3.12. The third-order valence-electron chi connectivity index (χ3n) is 1.96. The van der Waals surface area contributed by atoms with Gasteiger partial charge in [-0.1, -0.05) is 6.08 Å². The SMILES string of the molecule is COc1cc(/C=C/C(O)O)cc(OC)c1O. The van der Waals surface area contributed by atoms with E-state index in [1.165, 1.54) is 26.4 Å². The lowest BCUT2D eigenvalue weighted by Gasteiger charge is -2.09. The molecule has 5 nitrogen and oxygen atoms in total. The van der Waals surface area contributed by atoms with Gasteiger partial charge in [0.15, 0.2) is 17.8 Å². The Kier molecular flexibility index (Phi) is 4.16. The Morgan fingerprint density at radius 1 is 1.12 bits per heavy atom. The zero-order chi connectivity index (χ0) is 12.1. The number of aliphatic hydroxyl groups excluding tert-OH is 1. The molecule has 88 valence electrons. The number of phenols is 1. The van der Waals surface area contributed by atoms with Crippen molar-refractivity contribution in [3.05, 3.63) is 23.8 Å². The summed E-state index contributed by atoms with van der Waals surface area (Å²) < 4.78 is 9.89. The summed E-state index contributed by atoms with van der Waals surface area (Å²) in [6.45, 7) is 0. The fraction of sp³-hybridized carbons (Fsp3) is 0.273. The van der Waals surface area contributed by atoms with Gasteiger partial charge in [-0.3, -0.25) is 0 Å². The average Bonchev–Trinajstić information content (AvgIpc) is 2.27. The van der Waals surface area contributed by atoms with Crippen molar-refractivity contribution in [2.75, 3.05) is 14.2 Å². The van der Waals surface area contributed by atoms with Crippen LogP contribution in [0.3, 0.4) is 0 Å². The van der Waals surface area contributed by atoms with Crippen molar-refractivity contribution in [2.24, 2.45) is 0 Å². The summed E-state index contributed by atoms with van der Waals surface area (Å²) in [6, 6.07) is 3.10. The Bertz CT molecular complexity index is 359. The highest BCUT2D eigenvalue weighted by Crippen LogP contribution is 2.37. The summed E-state index contributed by atoms with van der Waals surface area (Å²) in [5.41, 5.74) is 0.625. The van der Waals surface area contributed by atoms with Crippen LogP contribution in [0.15, 0.2) is 18.2 Å². The van der Waals surface area contributed by atoms with Gasteiger partial charge in [0, 0.05) is 0 Å². The standard InChI is InChI=1S/C11H14O5/c1-15-8-5-7(3-4-10(12)13)6-9(16-2)11(8)14/h3-6,10,12-14H,1-2H3/b4-3+. The molecule has 0 unspecified atom stereocenters. The predicted molar refractivity (Wildman–Crippen MR) is 58.5 cm³/mol. The van der Waals surface area contributed by atoms with E-state index >= 15 is 0 Å². The fourth-order valence-electron chi connectivity index (χ4n) is 1.21. The van der Waals surface area contributed by atoms with E-state index in [0.29, 0.717) is 5.56 Å². The van der Waals surface area contributed by atoms with Crippen molar-refractivity contribution >= 4 is 6.08 Å². The molecule has 0 aliphatic rings. The van der Waals surface area contributed by atoms with Crippen LogP contribution < -0.4 is 9.47 Å². The molecule has 1 aromatic rings. The minimum absolute atomic E-state index is 0.0910. The van der Waals surface area contributed by atoms with Gasteiger partial charge in [0.25, 0.3) is 0 Å². The average molecular weight is 226 g/mol. The molecule has 0 atom stereocenters. The largest absolute Gasteiger partial charge is 0.502 e. The number of hydrogen-bond acceptors (Lipinski definition) is 5. The molecule has 1 rings (SSSR count). The Labute approximate surface area is 93.2 Å². The van der Waals surface area contributed by atoms with Crippen molar-refractivity contribution in [1.29, 1.82) is 0 Å². The minimum Gasteiger partial charge on any atom is -0.502 e. The highest BCUT2D eigenvalue weighted by Gasteiger charge is 2.09. The monoisotopic (exact) mass is 226 g/mol. The topological polar surface area (TPSA) is 79.2 Å². The van der Waals surface area contributed by atoms with E-state index in [2.05, 4.69) is 0 Å². The van der Waals surface area contributed by atoms with Crippen LogP contribution in [0.1, 0.15) is 5.56 Å². The van der Waals surface area contributed by atoms with Crippen molar-refractivity contribution < 1.29 is 24.8 Å². The molecule has 16 heavy (non-hydrogen) atoms. The summed E-state index contributed by atoms with van der Waals surface area (Å²) in [7, 11) is 2.84. The zero-order valence-corrected chi connectivity index (χ0v) is 9.04. The number of aliphatic hydroxyl groups is 2. The number of benzene rings is 1. The summed E-state index contributed by atoms with van der Waals surface area (Å²) in [4.78, 5) is 0. The van der Waals surface area contributed by atoms with Crippen LogP contribution in [0.5, 0.6) is 17.2 Å². The maximum absolute atomic E-state index is 9.62. The van der Waals surface area contributed by atoms with Crippen LogP contribution >= 0.6 is 0 Å². The molecule has 0 saturated heterocycles. The van der Waals surface area contributed by atoms with Gasteiger partial charge in [0.2, 0.25) is 5.75 Å². The van der Waals surface area contributed by atoms with E-state index in [1.54, 1.807) is 12.1 Å². The first kappa shape index (κ1) is 12.4. The molecule has 0 bridgehead atoms. The highest BCUT2D eigenvalue weighted by molar-refractivity contribution is 5.61. The second-order valence-electron chi connectivity index (χ2n) is 3.05. The van der Waals surface area contributed by atoms with E-state index in [4.69, 9.17) is 19.7 Å². The number of hydrogen-bond donors (Lipinski definition) is 3. The summed E-state index contributed by atoms with van der Waals surface area (Å²) in [6.07, 6.45) is 1.14. The molecule has 0 aromatic heterocycles. The zero-order valence-electron chi connectivity index (χ0n) is 9.04. The minimum atomic E-state index is -1.52. The second kappa shape index (κ2) is 5.39. The Morgan fingerprint density at radius 3 is 2.00 bits per heavy atom. The third-order valence-corrected chi connectivity index (χ3v) is 1.96. The smallest absolute Gasteiger partial charge is 0.200 e. The second-order valence-corrected chi connectivity index (χ2v) is 3.05. The molecule has 0 amide bonds. The van der Waals surface area contributed by atoms with E-state index in [1.807, 2.05) is 0 Å². The van der Waals surface area contributed by atoms with E-state index in [9.17, 15) is 5.11 Å². The molecule has 0 spiro atoms. The van der Waals surface area contributed by atoms with Crippen molar-refractivity contribution in [2.45, 2.75) is 6.29 Å². The molecule has 1 aromatic carbocycles. The van der Waals surface area contributed by atoms with Gasteiger partial charge >= 0.3 is 0 Å². The normalized spacial score (nSPS) is 11.1.